The highest BCUT2D eigenvalue weighted by Crippen LogP contribution is 2.43. The summed E-state index contributed by atoms with van der Waals surface area (Å²) in [6.07, 6.45) is 63.6. The molecule has 0 bridgehead atoms. The third-order valence-corrected chi connectivity index (χ3v) is 9.08. The number of nitrogens with two attached hydrogens (primary N) is 1. The molecule has 0 spiro atoms. The van der Waals surface area contributed by atoms with E-state index in [4.69, 9.17) is 24.8 Å². The van der Waals surface area contributed by atoms with E-state index in [0.29, 0.717) is 13.0 Å². The second-order valence-electron chi connectivity index (χ2n) is 13.7. The number of carbonyl (C=O) groups is 2. The van der Waals surface area contributed by atoms with Gasteiger partial charge >= 0.3 is 19.8 Å². The number of hydrogen-bond acceptors (Lipinski definition) is 8. The molecule has 0 heterocycles. The number of esters is 1. The molecule has 61 heavy (non-hydrogen) atoms. The highest BCUT2D eigenvalue weighted by atomic mass is 31.2. The molecule has 4 N–H and O–H groups in total. The Kier molecular flexibility index (Phi) is 40.9. The summed E-state index contributed by atoms with van der Waals surface area (Å²) >= 11 is 0. The number of ether oxygens (including phenoxy) is 2. The van der Waals surface area contributed by atoms with Crippen LogP contribution in [0, 0.1) is 0 Å². The van der Waals surface area contributed by atoms with Crippen LogP contribution in [0.2, 0.25) is 0 Å². The molecule has 0 aromatic carbocycles. The molecule has 0 aliphatic heterocycles. The van der Waals surface area contributed by atoms with Gasteiger partial charge in [0.15, 0.2) is 0 Å². The SMILES string of the molecule is CC/C=C\C/C=C\C/C=C\C/C=C\C/C=C\C/C=C\CCCOCC(COP(=O)(O)OCC(N)C(=O)O)OC(=O)CC/C=C\C/C=C\C/C=C\C/C=C\C/C=C\C/C=C\CC. The monoisotopic (exact) mass is 866 g/mol. The number of aliphatic carboxylic acids is 1. The largest absolute Gasteiger partial charge is 0.480 e. The van der Waals surface area contributed by atoms with Crippen molar-refractivity contribution in [2.45, 2.75) is 129 Å². The molecule has 11 heteroatoms. The normalized spacial score (nSPS) is 15.2. The van der Waals surface area contributed by atoms with Gasteiger partial charge in [-0.3, -0.25) is 18.6 Å². The summed E-state index contributed by atoms with van der Waals surface area (Å²) in [5, 5.41) is 8.90. The number of phosphoric acid groups is 1. The van der Waals surface area contributed by atoms with Gasteiger partial charge in [-0.15, -0.1) is 0 Å². The minimum Gasteiger partial charge on any atom is -0.480 e. The van der Waals surface area contributed by atoms with Gasteiger partial charge in [0.1, 0.15) is 12.1 Å². The molecule has 0 aliphatic carbocycles. The molecule has 0 aliphatic rings. The number of unbranched alkanes of at least 4 members (excludes halogenated alkanes) is 1. The van der Waals surface area contributed by atoms with Gasteiger partial charge in [-0.25, -0.2) is 4.57 Å². The number of rotatable bonds is 39. The van der Waals surface area contributed by atoms with Crippen molar-refractivity contribution in [1.82, 2.24) is 0 Å². The first kappa shape index (κ1) is 56.9. The summed E-state index contributed by atoms with van der Waals surface area (Å²) < 4.78 is 33.2. The first-order valence-electron chi connectivity index (χ1n) is 21.9. The molecule has 0 rings (SSSR count). The van der Waals surface area contributed by atoms with Crippen LogP contribution < -0.4 is 5.73 Å². The van der Waals surface area contributed by atoms with E-state index < -0.39 is 45.1 Å². The number of hydrogen-bond donors (Lipinski definition) is 3. The van der Waals surface area contributed by atoms with Gasteiger partial charge in [-0.05, 0) is 96.3 Å². The molecule has 3 unspecified atom stereocenters. The first-order valence-corrected chi connectivity index (χ1v) is 23.4. The number of phosphoric ester groups is 1. The van der Waals surface area contributed by atoms with E-state index in [-0.39, 0.29) is 13.0 Å². The zero-order chi connectivity index (χ0) is 44.8. The maximum absolute atomic E-state index is 12.6. The standard InChI is InChI=1S/C50H76NO9P/c1-3-5-7-9-11-13-15-17-19-21-23-25-27-29-31-33-35-37-39-41-43-57-44-47(45-58-61(55,56)59-46-48(51)50(53)54)60-49(52)42-40-38-36-34-32-30-28-26-24-22-20-18-16-14-12-10-8-6-4-2/h5-8,11-14,17-20,23-26,29-32,35-38,47-48H,3-4,9-10,15-16,21-22,27-28,33-34,39-46,51H2,1-2H3,(H,53,54)(H,55,56)/b7-5-,8-6-,13-11-,14-12-,19-17-,20-18-,25-23-,26-24-,31-29-,32-30-,37-35-,38-36-. The molecule has 0 radical (unpaired) electrons. The quantitative estimate of drug-likeness (QED) is 0.0235. The van der Waals surface area contributed by atoms with Crippen LogP contribution in [0.1, 0.15) is 117 Å². The number of carboxylic acids is 1. The van der Waals surface area contributed by atoms with Crippen molar-refractivity contribution in [1.29, 1.82) is 0 Å². The van der Waals surface area contributed by atoms with Crippen molar-refractivity contribution in [3.63, 3.8) is 0 Å². The molecule has 3 atom stereocenters. The van der Waals surface area contributed by atoms with E-state index >= 15 is 0 Å². The number of allylic oxidation sites excluding steroid dienone is 24. The van der Waals surface area contributed by atoms with E-state index in [1.54, 1.807) is 0 Å². The Morgan fingerprint density at radius 2 is 0.869 bits per heavy atom. The van der Waals surface area contributed by atoms with Crippen molar-refractivity contribution in [3.8, 4) is 0 Å². The maximum atomic E-state index is 12.6. The number of carbonyl (C=O) groups excluding carboxylic acids is 1. The number of carboxylic acid groups (broad SMARTS) is 1. The Morgan fingerprint density at radius 1 is 0.525 bits per heavy atom. The predicted octanol–water partition coefficient (Wildman–Crippen LogP) is 12.4. The topological polar surface area (TPSA) is 155 Å². The molecule has 0 aromatic heterocycles. The average molecular weight is 866 g/mol. The Hall–Kier alpha value is -4.15. The van der Waals surface area contributed by atoms with Gasteiger partial charge in [0.2, 0.25) is 0 Å². The van der Waals surface area contributed by atoms with Crippen molar-refractivity contribution < 1.29 is 42.7 Å². The minimum absolute atomic E-state index is 0.0654. The van der Waals surface area contributed by atoms with Gasteiger partial charge in [-0.2, -0.15) is 0 Å². The predicted molar refractivity (Wildman–Crippen MR) is 253 cm³/mol. The molecule has 0 fully saturated rings. The molecular formula is C50H76NO9P. The maximum Gasteiger partial charge on any atom is 0.472 e. The summed E-state index contributed by atoms with van der Waals surface area (Å²) in [6, 6.07) is -1.50. The van der Waals surface area contributed by atoms with Crippen LogP contribution in [0.15, 0.2) is 146 Å². The molecule has 0 amide bonds. The van der Waals surface area contributed by atoms with E-state index in [9.17, 15) is 19.0 Å². The molecule has 0 saturated heterocycles. The lowest BCUT2D eigenvalue weighted by molar-refractivity contribution is -0.154. The fourth-order valence-electron chi connectivity index (χ4n) is 4.82. The van der Waals surface area contributed by atoms with Gasteiger partial charge in [0.05, 0.1) is 19.8 Å². The first-order chi connectivity index (χ1) is 29.7. The van der Waals surface area contributed by atoms with Crippen molar-refractivity contribution in [2.24, 2.45) is 5.73 Å². The van der Waals surface area contributed by atoms with Crippen LogP contribution in [-0.4, -0.2) is 60.5 Å². The molecular weight excluding hydrogens is 790 g/mol. The smallest absolute Gasteiger partial charge is 0.472 e. The summed E-state index contributed by atoms with van der Waals surface area (Å²) in [4.78, 5) is 33.5. The van der Waals surface area contributed by atoms with Gasteiger partial charge < -0.3 is 25.2 Å². The lowest BCUT2D eigenvalue weighted by Gasteiger charge is -2.20. The lowest BCUT2D eigenvalue weighted by Crippen LogP contribution is -2.34. The second-order valence-corrected chi connectivity index (χ2v) is 15.2. The zero-order valence-corrected chi connectivity index (χ0v) is 37.8. The van der Waals surface area contributed by atoms with Crippen LogP contribution in [0.5, 0.6) is 0 Å². The highest BCUT2D eigenvalue weighted by molar-refractivity contribution is 7.47. The van der Waals surface area contributed by atoms with Crippen molar-refractivity contribution >= 4 is 19.8 Å². The van der Waals surface area contributed by atoms with Crippen LogP contribution in [-0.2, 0) is 32.7 Å². The molecule has 340 valence electrons. The molecule has 0 aromatic rings. The van der Waals surface area contributed by atoms with Crippen molar-refractivity contribution in [3.05, 3.63) is 146 Å². The summed E-state index contributed by atoms with van der Waals surface area (Å²) in [5.41, 5.74) is 5.35. The second kappa shape index (κ2) is 43.9. The Labute approximate surface area is 368 Å². The van der Waals surface area contributed by atoms with Crippen LogP contribution in [0.25, 0.3) is 0 Å². The zero-order valence-electron chi connectivity index (χ0n) is 36.9. The van der Waals surface area contributed by atoms with Crippen molar-refractivity contribution in [2.75, 3.05) is 26.4 Å². The van der Waals surface area contributed by atoms with E-state index in [2.05, 4.69) is 152 Å². The highest BCUT2D eigenvalue weighted by Gasteiger charge is 2.27. The fraction of sp³-hybridized carbons (Fsp3) is 0.480. The molecule has 10 nitrogen and oxygen atoms in total. The fourth-order valence-corrected chi connectivity index (χ4v) is 5.60. The van der Waals surface area contributed by atoms with Gasteiger partial charge in [-0.1, -0.05) is 160 Å². The van der Waals surface area contributed by atoms with E-state index in [1.807, 2.05) is 12.2 Å². The Balaban J connectivity index is 4.52. The summed E-state index contributed by atoms with van der Waals surface area (Å²) in [7, 11) is -4.67. The minimum atomic E-state index is -4.67. The Bertz CT molecular complexity index is 1510. The van der Waals surface area contributed by atoms with Gasteiger partial charge in [0, 0.05) is 13.0 Å². The third kappa shape index (κ3) is 43.7. The van der Waals surface area contributed by atoms with E-state index in [1.165, 1.54) is 0 Å². The Morgan fingerprint density at radius 3 is 1.25 bits per heavy atom. The molecule has 0 saturated carbocycles. The lowest BCUT2D eigenvalue weighted by atomic mass is 10.2. The van der Waals surface area contributed by atoms with Crippen LogP contribution >= 0.6 is 7.82 Å². The third-order valence-electron chi connectivity index (χ3n) is 8.13. The van der Waals surface area contributed by atoms with Crippen LogP contribution in [0.4, 0.5) is 0 Å². The van der Waals surface area contributed by atoms with E-state index in [0.717, 1.165) is 89.9 Å². The van der Waals surface area contributed by atoms with Crippen LogP contribution in [0.3, 0.4) is 0 Å². The summed E-state index contributed by atoms with van der Waals surface area (Å²) in [5.74, 6) is -1.91. The average Bonchev–Trinajstić information content (AvgIpc) is 3.24. The van der Waals surface area contributed by atoms with Gasteiger partial charge in [0.25, 0.3) is 0 Å². The summed E-state index contributed by atoms with van der Waals surface area (Å²) in [6.45, 7) is 3.36.